The molecule has 3 heteroatoms. The van der Waals surface area contributed by atoms with Gasteiger partial charge in [0.15, 0.2) is 0 Å². The van der Waals surface area contributed by atoms with Crippen LogP contribution in [0.5, 0.6) is 0 Å². The Morgan fingerprint density at radius 2 is 2.17 bits per heavy atom. The fourth-order valence-corrected chi connectivity index (χ4v) is 3.73. The third-order valence-corrected chi connectivity index (χ3v) is 4.79. The smallest absolute Gasteiger partial charge is 0.0453 e. The van der Waals surface area contributed by atoms with Crippen LogP contribution in [-0.2, 0) is 6.42 Å². The van der Waals surface area contributed by atoms with Gasteiger partial charge in [0.25, 0.3) is 0 Å². The molecule has 1 saturated carbocycles. The Bertz CT molecular complexity index is 419. The molecule has 1 nitrogen and oxygen atoms in total. The predicted octanol–water partition coefficient (Wildman–Crippen LogP) is 4.69. The zero-order valence-electron chi connectivity index (χ0n) is 10.9. The molecule has 2 N–H and O–H groups in total. The van der Waals surface area contributed by atoms with Crippen LogP contribution in [0, 0.1) is 11.3 Å². The topological polar surface area (TPSA) is 26.0 Å². The molecule has 1 aliphatic carbocycles. The van der Waals surface area contributed by atoms with Gasteiger partial charge in [0.05, 0.1) is 0 Å². The largest absolute Gasteiger partial charge is 0.330 e. The molecule has 0 aliphatic heterocycles. The lowest BCUT2D eigenvalue weighted by Crippen LogP contribution is -2.37. The summed E-state index contributed by atoms with van der Waals surface area (Å²) in [4.78, 5) is 0. The molecule has 0 aromatic heterocycles. The van der Waals surface area contributed by atoms with Gasteiger partial charge in [0.1, 0.15) is 0 Å². The molecule has 1 fully saturated rings. The van der Waals surface area contributed by atoms with Gasteiger partial charge in [-0.05, 0) is 54.8 Å². The van der Waals surface area contributed by atoms with Crippen LogP contribution in [0.15, 0.2) is 18.2 Å². The zero-order chi connectivity index (χ0) is 13.2. The summed E-state index contributed by atoms with van der Waals surface area (Å²) in [5.74, 6) is 0.772. The summed E-state index contributed by atoms with van der Waals surface area (Å²) < 4.78 is 0. The minimum Gasteiger partial charge on any atom is -0.330 e. The van der Waals surface area contributed by atoms with Crippen LogP contribution in [0.3, 0.4) is 0 Å². The van der Waals surface area contributed by atoms with Crippen molar-refractivity contribution < 1.29 is 0 Å². The molecule has 18 heavy (non-hydrogen) atoms. The fraction of sp³-hybridized carbons (Fsp3) is 0.600. The first-order valence-electron chi connectivity index (χ1n) is 6.69. The second kappa shape index (κ2) is 5.81. The molecule has 2 atom stereocenters. The van der Waals surface area contributed by atoms with E-state index in [1.165, 1.54) is 31.2 Å². The lowest BCUT2D eigenvalue weighted by atomic mass is 9.67. The van der Waals surface area contributed by atoms with Gasteiger partial charge in [-0.2, -0.15) is 0 Å². The van der Waals surface area contributed by atoms with E-state index in [0.717, 1.165) is 23.9 Å². The molecular weight excluding hydrogens is 265 g/mol. The first-order valence-corrected chi connectivity index (χ1v) is 7.44. The van der Waals surface area contributed by atoms with Crippen molar-refractivity contribution in [2.45, 2.75) is 39.0 Å². The molecule has 0 bridgehead atoms. The minimum atomic E-state index is 0.231. The molecule has 0 radical (unpaired) electrons. The van der Waals surface area contributed by atoms with Gasteiger partial charge < -0.3 is 5.73 Å². The number of hydrogen-bond donors (Lipinski definition) is 1. The van der Waals surface area contributed by atoms with Gasteiger partial charge in [0, 0.05) is 10.0 Å². The lowest BCUT2D eigenvalue weighted by Gasteiger charge is -2.39. The number of halogens is 2. The zero-order valence-corrected chi connectivity index (χ0v) is 12.4. The van der Waals surface area contributed by atoms with Crippen LogP contribution >= 0.6 is 23.2 Å². The minimum absolute atomic E-state index is 0.231. The fourth-order valence-electron chi connectivity index (χ4n) is 3.26. The average molecular weight is 286 g/mol. The van der Waals surface area contributed by atoms with E-state index in [1.54, 1.807) is 0 Å². The average Bonchev–Trinajstić information content (AvgIpc) is 2.33. The first-order chi connectivity index (χ1) is 8.54. The van der Waals surface area contributed by atoms with Crippen molar-refractivity contribution >= 4 is 23.2 Å². The summed E-state index contributed by atoms with van der Waals surface area (Å²) in [6.07, 6.45) is 6.01. The second-order valence-electron chi connectivity index (χ2n) is 5.82. The van der Waals surface area contributed by atoms with E-state index in [0.29, 0.717) is 5.02 Å². The quantitative estimate of drug-likeness (QED) is 0.857. The first kappa shape index (κ1) is 14.2. The maximum atomic E-state index is 6.28. The van der Waals surface area contributed by atoms with Crippen LogP contribution in [0.2, 0.25) is 10.0 Å². The van der Waals surface area contributed by atoms with Crippen molar-refractivity contribution in [2.24, 2.45) is 17.1 Å². The molecule has 0 heterocycles. The molecular formula is C15H21Cl2N. The Morgan fingerprint density at radius 3 is 2.78 bits per heavy atom. The molecule has 0 spiro atoms. The van der Waals surface area contributed by atoms with Crippen LogP contribution < -0.4 is 5.73 Å². The standard InChI is InChI=1S/C15H21Cl2N/c1-11-3-2-6-15(8-11,10-18)9-12-4-5-13(16)7-14(12)17/h4-5,7,11H,2-3,6,8-10,18H2,1H3. The van der Waals surface area contributed by atoms with E-state index in [9.17, 15) is 0 Å². The van der Waals surface area contributed by atoms with E-state index in [1.807, 2.05) is 18.2 Å². The monoisotopic (exact) mass is 285 g/mol. The van der Waals surface area contributed by atoms with Crippen LogP contribution in [0.4, 0.5) is 0 Å². The van der Waals surface area contributed by atoms with E-state index in [4.69, 9.17) is 28.9 Å². The van der Waals surface area contributed by atoms with E-state index in [2.05, 4.69) is 6.92 Å². The Hall–Kier alpha value is -0.240. The van der Waals surface area contributed by atoms with Gasteiger partial charge in [-0.3, -0.25) is 0 Å². The van der Waals surface area contributed by atoms with Crippen LogP contribution in [-0.4, -0.2) is 6.54 Å². The second-order valence-corrected chi connectivity index (χ2v) is 6.66. The van der Waals surface area contributed by atoms with Gasteiger partial charge >= 0.3 is 0 Å². The van der Waals surface area contributed by atoms with Gasteiger partial charge in [-0.25, -0.2) is 0 Å². The number of benzene rings is 1. The SMILES string of the molecule is CC1CCCC(CN)(Cc2ccc(Cl)cc2Cl)C1. The third-order valence-electron chi connectivity index (χ3n) is 4.20. The number of rotatable bonds is 3. The molecule has 2 rings (SSSR count). The molecule has 2 unspecified atom stereocenters. The highest BCUT2D eigenvalue weighted by molar-refractivity contribution is 6.35. The van der Waals surface area contributed by atoms with Crippen molar-refractivity contribution in [3.8, 4) is 0 Å². The normalized spacial score (nSPS) is 28.3. The molecule has 1 aliphatic rings. The molecule has 1 aromatic rings. The van der Waals surface area contributed by atoms with Gasteiger partial charge in [0.2, 0.25) is 0 Å². The Balaban J connectivity index is 2.19. The number of hydrogen-bond acceptors (Lipinski definition) is 1. The van der Waals surface area contributed by atoms with Gasteiger partial charge in [-0.15, -0.1) is 0 Å². The maximum absolute atomic E-state index is 6.28. The van der Waals surface area contributed by atoms with Crippen molar-refractivity contribution in [1.82, 2.24) is 0 Å². The van der Waals surface area contributed by atoms with Crippen molar-refractivity contribution in [3.05, 3.63) is 33.8 Å². The highest BCUT2D eigenvalue weighted by atomic mass is 35.5. The summed E-state index contributed by atoms with van der Waals surface area (Å²) in [5, 5.41) is 1.47. The molecule has 0 amide bonds. The van der Waals surface area contributed by atoms with Crippen molar-refractivity contribution in [2.75, 3.05) is 6.54 Å². The summed E-state index contributed by atoms with van der Waals surface area (Å²) >= 11 is 12.2. The molecule has 100 valence electrons. The summed E-state index contributed by atoms with van der Waals surface area (Å²) in [6, 6.07) is 5.79. The lowest BCUT2D eigenvalue weighted by molar-refractivity contribution is 0.154. The van der Waals surface area contributed by atoms with E-state index < -0.39 is 0 Å². The molecule has 0 saturated heterocycles. The predicted molar refractivity (Wildman–Crippen MR) is 79.3 cm³/mol. The highest BCUT2D eigenvalue weighted by Gasteiger charge is 2.34. The van der Waals surface area contributed by atoms with Gasteiger partial charge in [-0.1, -0.05) is 49.0 Å². The summed E-state index contributed by atoms with van der Waals surface area (Å²) in [6.45, 7) is 3.07. The van der Waals surface area contributed by atoms with Crippen molar-refractivity contribution in [3.63, 3.8) is 0 Å². The van der Waals surface area contributed by atoms with Crippen LogP contribution in [0.25, 0.3) is 0 Å². The summed E-state index contributed by atoms with van der Waals surface area (Å²) in [5.41, 5.74) is 7.47. The molecule has 1 aromatic carbocycles. The van der Waals surface area contributed by atoms with E-state index >= 15 is 0 Å². The highest BCUT2D eigenvalue weighted by Crippen LogP contribution is 2.42. The maximum Gasteiger partial charge on any atom is 0.0453 e. The Morgan fingerprint density at radius 1 is 1.39 bits per heavy atom. The van der Waals surface area contributed by atoms with Crippen molar-refractivity contribution in [1.29, 1.82) is 0 Å². The van der Waals surface area contributed by atoms with Crippen LogP contribution in [0.1, 0.15) is 38.2 Å². The Kier molecular flexibility index (Phi) is 4.58. The third kappa shape index (κ3) is 3.20. The number of nitrogens with two attached hydrogens (primary N) is 1. The van der Waals surface area contributed by atoms with E-state index in [-0.39, 0.29) is 5.41 Å². The summed E-state index contributed by atoms with van der Waals surface area (Å²) in [7, 11) is 0. The Labute approximate surface area is 120 Å².